The molecule has 24 heavy (non-hydrogen) atoms. The molecular weight excluding hydrogens is 307 g/mol. The third-order valence-electron chi connectivity index (χ3n) is 4.48. The molecule has 5 nitrogen and oxygen atoms in total. The highest BCUT2D eigenvalue weighted by Crippen LogP contribution is 2.27. The summed E-state index contributed by atoms with van der Waals surface area (Å²) in [5.74, 6) is 0.779. The summed E-state index contributed by atoms with van der Waals surface area (Å²) in [5, 5.41) is 4.71. The van der Waals surface area contributed by atoms with E-state index in [4.69, 9.17) is 9.84 Å². The van der Waals surface area contributed by atoms with E-state index in [1.165, 1.54) is 12.1 Å². The number of fused-ring (bicyclic) bond motifs is 1. The lowest BCUT2D eigenvalue weighted by molar-refractivity contribution is 0.122. The number of rotatable bonds is 2. The Bertz CT molecular complexity index is 899. The van der Waals surface area contributed by atoms with Gasteiger partial charge in [-0.25, -0.2) is 9.37 Å². The van der Waals surface area contributed by atoms with E-state index in [0.717, 1.165) is 47.1 Å². The lowest BCUT2D eigenvalue weighted by Gasteiger charge is -2.30. The van der Waals surface area contributed by atoms with Crippen molar-refractivity contribution in [3.8, 4) is 11.3 Å². The van der Waals surface area contributed by atoms with Gasteiger partial charge in [0.1, 0.15) is 11.6 Å². The molecule has 3 heterocycles. The Balaban J connectivity index is 1.89. The van der Waals surface area contributed by atoms with Crippen LogP contribution in [0.5, 0.6) is 0 Å². The molecule has 0 amide bonds. The van der Waals surface area contributed by atoms with E-state index < -0.39 is 0 Å². The Labute approximate surface area is 139 Å². The maximum atomic E-state index is 13.5. The molecule has 1 aliphatic heterocycles. The Morgan fingerprint density at radius 2 is 1.92 bits per heavy atom. The molecule has 0 atom stereocenters. The predicted molar refractivity (Wildman–Crippen MR) is 90.9 cm³/mol. The quantitative estimate of drug-likeness (QED) is 0.726. The lowest BCUT2D eigenvalue weighted by Crippen LogP contribution is -2.38. The molecule has 1 aromatic carbocycles. The van der Waals surface area contributed by atoms with Gasteiger partial charge >= 0.3 is 0 Å². The molecule has 0 bridgehead atoms. The minimum Gasteiger partial charge on any atom is -0.378 e. The molecule has 2 aromatic heterocycles. The number of anilines is 1. The lowest BCUT2D eigenvalue weighted by atomic mass is 10.1. The van der Waals surface area contributed by atoms with Gasteiger partial charge in [0.05, 0.1) is 18.9 Å². The van der Waals surface area contributed by atoms with E-state index in [2.05, 4.69) is 16.8 Å². The number of aryl methyl sites for hydroxylation is 1. The van der Waals surface area contributed by atoms with Crippen LogP contribution in [0.3, 0.4) is 0 Å². The van der Waals surface area contributed by atoms with Gasteiger partial charge in [-0.05, 0) is 26.0 Å². The van der Waals surface area contributed by atoms with Crippen molar-refractivity contribution in [2.45, 2.75) is 13.8 Å². The maximum Gasteiger partial charge on any atom is 0.158 e. The first-order valence-corrected chi connectivity index (χ1v) is 8.09. The van der Waals surface area contributed by atoms with Crippen LogP contribution in [-0.4, -0.2) is 40.9 Å². The van der Waals surface area contributed by atoms with Gasteiger partial charge < -0.3 is 9.64 Å². The Morgan fingerprint density at radius 1 is 1.12 bits per heavy atom. The standard InChI is InChI=1S/C18H19FN4O/c1-12-13(2)20-17-11-16(14-4-3-5-15(19)10-14)21-23(17)18(12)22-6-8-24-9-7-22/h3-5,10-11H,6-9H2,1-2H3. The maximum absolute atomic E-state index is 13.5. The molecule has 3 aromatic rings. The first kappa shape index (κ1) is 15.1. The molecule has 0 aliphatic carbocycles. The molecule has 1 saturated heterocycles. The van der Waals surface area contributed by atoms with Crippen LogP contribution >= 0.6 is 0 Å². The van der Waals surface area contributed by atoms with E-state index in [-0.39, 0.29) is 5.82 Å². The summed E-state index contributed by atoms with van der Waals surface area (Å²) in [6, 6.07) is 8.40. The fraction of sp³-hybridized carbons (Fsp3) is 0.333. The second-order valence-corrected chi connectivity index (χ2v) is 6.06. The number of nitrogens with zero attached hydrogens (tertiary/aromatic N) is 4. The smallest absolute Gasteiger partial charge is 0.158 e. The number of morpholine rings is 1. The second-order valence-electron chi connectivity index (χ2n) is 6.06. The van der Waals surface area contributed by atoms with Crippen LogP contribution < -0.4 is 4.90 Å². The molecule has 124 valence electrons. The summed E-state index contributed by atoms with van der Waals surface area (Å²) in [4.78, 5) is 6.93. The SMILES string of the molecule is Cc1nc2cc(-c3cccc(F)c3)nn2c(N2CCOCC2)c1C. The molecule has 0 unspecified atom stereocenters. The summed E-state index contributed by atoms with van der Waals surface area (Å²) in [7, 11) is 0. The molecule has 6 heteroatoms. The fourth-order valence-corrected chi connectivity index (χ4v) is 3.12. The summed E-state index contributed by atoms with van der Waals surface area (Å²) >= 11 is 0. The summed E-state index contributed by atoms with van der Waals surface area (Å²) in [5.41, 5.74) is 4.34. The van der Waals surface area contributed by atoms with Crippen molar-refractivity contribution in [1.29, 1.82) is 0 Å². The summed E-state index contributed by atoms with van der Waals surface area (Å²) < 4.78 is 20.9. The van der Waals surface area contributed by atoms with Crippen molar-refractivity contribution in [3.05, 3.63) is 47.4 Å². The van der Waals surface area contributed by atoms with Gasteiger partial charge in [-0.3, -0.25) is 0 Å². The van der Waals surface area contributed by atoms with Crippen molar-refractivity contribution >= 4 is 11.5 Å². The number of hydrogen-bond donors (Lipinski definition) is 0. The van der Waals surface area contributed by atoms with Gasteiger partial charge in [-0.2, -0.15) is 9.61 Å². The third-order valence-corrected chi connectivity index (χ3v) is 4.48. The minimum atomic E-state index is -0.265. The number of ether oxygens (including phenoxy) is 1. The zero-order valence-corrected chi connectivity index (χ0v) is 13.8. The Kier molecular flexibility index (Phi) is 3.69. The number of hydrogen-bond acceptors (Lipinski definition) is 4. The summed E-state index contributed by atoms with van der Waals surface area (Å²) in [6.07, 6.45) is 0. The van der Waals surface area contributed by atoms with Crippen LogP contribution in [0, 0.1) is 19.7 Å². The highest BCUT2D eigenvalue weighted by molar-refractivity contribution is 5.67. The van der Waals surface area contributed by atoms with E-state index in [0.29, 0.717) is 13.2 Å². The van der Waals surface area contributed by atoms with Gasteiger partial charge in [0.25, 0.3) is 0 Å². The molecule has 0 N–H and O–H groups in total. The third kappa shape index (κ3) is 2.53. The highest BCUT2D eigenvalue weighted by atomic mass is 19.1. The van der Waals surface area contributed by atoms with Crippen molar-refractivity contribution in [2.24, 2.45) is 0 Å². The average molecular weight is 326 g/mol. The molecule has 0 spiro atoms. The van der Waals surface area contributed by atoms with Gasteiger partial charge in [0.15, 0.2) is 5.65 Å². The van der Waals surface area contributed by atoms with Gasteiger partial charge in [-0.1, -0.05) is 12.1 Å². The monoisotopic (exact) mass is 326 g/mol. The van der Waals surface area contributed by atoms with Crippen molar-refractivity contribution in [1.82, 2.24) is 14.6 Å². The Morgan fingerprint density at radius 3 is 2.67 bits per heavy atom. The zero-order valence-electron chi connectivity index (χ0n) is 13.8. The largest absolute Gasteiger partial charge is 0.378 e. The highest BCUT2D eigenvalue weighted by Gasteiger charge is 2.20. The molecular formula is C18H19FN4O. The van der Waals surface area contributed by atoms with Crippen molar-refractivity contribution in [3.63, 3.8) is 0 Å². The van der Waals surface area contributed by atoms with E-state index in [9.17, 15) is 4.39 Å². The Hall–Kier alpha value is -2.47. The van der Waals surface area contributed by atoms with Crippen LogP contribution in [0.25, 0.3) is 16.9 Å². The zero-order chi connectivity index (χ0) is 16.7. The van der Waals surface area contributed by atoms with Crippen LogP contribution in [-0.2, 0) is 4.74 Å². The van der Waals surface area contributed by atoms with E-state index in [1.807, 2.05) is 23.6 Å². The van der Waals surface area contributed by atoms with Crippen LogP contribution in [0.4, 0.5) is 10.2 Å². The van der Waals surface area contributed by atoms with E-state index in [1.54, 1.807) is 6.07 Å². The topological polar surface area (TPSA) is 42.7 Å². The van der Waals surface area contributed by atoms with Crippen LogP contribution in [0.1, 0.15) is 11.3 Å². The van der Waals surface area contributed by atoms with E-state index >= 15 is 0 Å². The van der Waals surface area contributed by atoms with Gasteiger partial charge in [0.2, 0.25) is 0 Å². The first-order chi connectivity index (χ1) is 11.6. The first-order valence-electron chi connectivity index (χ1n) is 8.09. The fourth-order valence-electron chi connectivity index (χ4n) is 3.12. The van der Waals surface area contributed by atoms with Gasteiger partial charge in [-0.15, -0.1) is 0 Å². The van der Waals surface area contributed by atoms with Gasteiger partial charge in [0, 0.05) is 36.0 Å². The number of aromatic nitrogens is 3. The molecule has 4 rings (SSSR count). The average Bonchev–Trinajstić information content (AvgIpc) is 3.00. The minimum absolute atomic E-state index is 0.265. The van der Waals surface area contributed by atoms with Crippen LogP contribution in [0.2, 0.25) is 0 Å². The number of halogens is 1. The predicted octanol–water partition coefficient (Wildman–Crippen LogP) is 2.99. The molecule has 1 aliphatic rings. The second kappa shape index (κ2) is 5.87. The summed E-state index contributed by atoms with van der Waals surface area (Å²) in [6.45, 7) is 7.15. The number of benzene rings is 1. The molecule has 0 saturated carbocycles. The molecule has 1 fully saturated rings. The normalized spacial score (nSPS) is 15.2. The molecule has 0 radical (unpaired) electrons. The van der Waals surface area contributed by atoms with Crippen molar-refractivity contribution in [2.75, 3.05) is 31.2 Å². The van der Waals surface area contributed by atoms with Crippen LogP contribution in [0.15, 0.2) is 30.3 Å². The van der Waals surface area contributed by atoms with Crippen molar-refractivity contribution < 1.29 is 9.13 Å².